The molecule has 1 aromatic heterocycles. The molecule has 0 saturated carbocycles. The minimum atomic E-state index is 0.0327. The minimum absolute atomic E-state index is 0.0327. The molecule has 3 aromatic rings. The van der Waals surface area contributed by atoms with Crippen LogP contribution >= 0.6 is 11.3 Å². The number of thiazole rings is 1. The van der Waals surface area contributed by atoms with Gasteiger partial charge in [-0.2, -0.15) is 0 Å². The van der Waals surface area contributed by atoms with Crippen LogP contribution < -0.4 is 15.0 Å². The molecule has 186 valence electrons. The quantitative estimate of drug-likeness (QED) is 0.442. The van der Waals surface area contributed by atoms with Crippen molar-refractivity contribution in [3.05, 3.63) is 65.2 Å². The van der Waals surface area contributed by atoms with E-state index in [9.17, 15) is 4.79 Å². The molecule has 2 aromatic carbocycles. The molecular weight excluding hydrogens is 456 g/mol. The van der Waals surface area contributed by atoms with Crippen LogP contribution in [-0.4, -0.2) is 61.2 Å². The standard InChI is InChI=1S/C28H36N4O2S/c1-4-34-26-10-8-23(9-11-26)28-30-24(20-35-28)19-27(33)29-22(3)12-13-31-14-16-32(17-15-31)25-7-5-6-21(2)18-25/h5-11,18,20,22H,4,12-17,19H2,1-3H3,(H,29,33). The van der Waals surface area contributed by atoms with Crippen LogP contribution in [0.5, 0.6) is 5.75 Å². The van der Waals surface area contributed by atoms with E-state index >= 15 is 0 Å². The van der Waals surface area contributed by atoms with E-state index < -0.39 is 0 Å². The number of aryl methyl sites for hydroxylation is 1. The van der Waals surface area contributed by atoms with Gasteiger partial charge in [0, 0.05) is 55.4 Å². The molecule has 1 unspecified atom stereocenters. The smallest absolute Gasteiger partial charge is 0.226 e. The van der Waals surface area contributed by atoms with E-state index in [1.807, 2.05) is 36.6 Å². The van der Waals surface area contributed by atoms with Crippen molar-refractivity contribution in [1.29, 1.82) is 0 Å². The van der Waals surface area contributed by atoms with Crippen LogP contribution in [0, 0.1) is 6.92 Å². The lowest BCUT2D eigenvalue weighted by molar-refractivity contribution is -0.121. The normalized spacial score (nSPS) is 15.1. The number of ether oxygens (including phenoxy) is 1. The molecule has 1 fully saturated rings. The summed E-state index contributed by atoms with van der Waals surface area (Å²) in [7, 11) is 0. The van der Waals surface area contributed by atoms with E-state index in [2.05, 4.69) is 58.2 Å². The largest absolute Gasteiger partial charge is 0.494 e. The van der Waals surface area contributed by atoms with Crippen LogP contribution in [0.2, 0.25) is 0 Å². The van der Waals surface area contributed by atoms with Gasteiger partial charge in [-0.1, -0.05) is 12.1 Å². The Hall–Kier alpha value is -2.90. The van der Waals surface area contributed by atoms with Gasteiger partial charge in [0.1, 0.15) is 10.8 Å². The fourth-order valence-electron chi connectivity index (χ4n) is 4.37. The van der Waals surface area contributed by atoms with Crippen LogP contribution in [-0.2, 0) is 11.2 Å². The zero-order chi connectivity index (χ0) is 24.6. The van der Waals surface area contributed by atoms with Crippen molar-refractivity contribution < 1.29 is 9.53 Å². The number of rotatable bonds is 10. The number of benzene rings is 2. The lowest BCUT2D eigenvalue weighted by Gasteiger charge is -2.36. The Kier molecular flexibility index (Phi) is 8.77. The number of anilines is 1. The van der Waals surface area contributed by atoms with Crippen molar-refractivity contribution in [2.75, 3.05) is 44.2 Å². The number of carbonyl (C=O) groups is 1. The first-order valence-electron chi connectivity index (χ1n) is 12.5. The maximum Gasteiger partial charge on any atom is 0.226 e. The second kappa shape index (κ2) is 12.2. The van der Waals surface area contributed by atoms with Gasteiger partial charge >= 0.3 is 0 Å². The van der Waals surface area contributed by atoms with Crippen molar-refractivity contribution >= 4 is 22.9 Å². The Labute approximate surface area is 212 Å². The van der Waals surface area contributed by atoms with Crippen molar-refractivity contribution in [2.45, 2.75) is 39.7 Å². The van der Waals surface area contributed by atoms with Crippen LogP contribution in [0.1, 0.15) is 31.5 Å². The maximum atomic E-state index is 12.6. The summed E-state index contributed by atoms with van der Waals surface area (Å²) in [5, 5.41) is 6.05. The molecule has 6 nitrogen and oxygen atoms in total. The summed E-state index contributed by atoms with van der Waals surface area (Å²) in [6.45, 7) is 12.1. The molecule has 1 N–H and O–H groups in total. The molecule has 2 heterocycles. The van der Waals surface area contributed by atoms with Crippen molar-refractivity contribution in [1.82, 2.24) is 15.2 Å². The van der Waals surface area contributed by atoms with Crippen molar-refractivity contribution in [3.8, 4) is 16.3 Å². The molecule has 1 aliphatic heterocycles. The van der Waals surface area contributed by atoms with E-state index in [-0.39, 0.29) is 11.9 Å². The first kappa shape index (κ1) is 25.2. The highest BCUT2D eigenvalue weighted by Gasteiger charge is 2.18. The molecule has 1 aliphatic rings. The number of hydrogen-bond acceptors (Lipinski definition) is 6. The number of hydrogen-bond donors (Lipinski definition) is 1. The summed E-state index contributed by atoms with van der Waals surface area (Å²) in [4.78, 5) is 22.2. The first-order chi connectivity index (χ1) is 17.0. The Balaban J connectivity index is 1.18. The van der Waals surface area contributed by atoms with E-state index in [0.29, 0.717) is 13.0 Å². The highest BCUT2D eigenvalue weighted by Crippen LogP contribution is 2.26. The van der Waals surface area contributed by atoms with Gasteiger partial charge in [0.25, 0.3) is 0 Å². The van der Waals surface area contributed by atoms with Gasteiger partial charge in [-0.25, -0.2) is 4.98 Å². The number of aromatic nitrogens is 1. The molecular formula is C28H36N4O2S. The maximum absolute atomic E-state index is 12.6. The second-order valence-corrected chi connectivity index (χ2v) is 10.1. The van der Waals surface area contributed by atoms with Crippen LogP contribution in [0.4, 0.5) is 5.69 Å². The topological polar surface area (TPSA) is 57.7 Å². The predicted octanol–water partition coefficient (Wildman–Crippen LogP) is 4.78. The van der Waals surface area contributed by atoms with Gasteiger partial charge < -0.3 is 15.0 Å². The molecule has 0 aliphatic carbocycles. The lowest BCUT2D eigenvalue weighted by atomic mass is 10.1. The third-order valence-electron chi connectivity index (χ3n) is 6.33. The van der Waals surface area contributed by atoms with Crippen LogP contribution in [0.3, 0.4) is 0 Å². The van der Waals surface area contributed by atoms with Crippen LogP contribution in [0.15, 0.2) is 53.9 Å². The van der Waals surface area contributed by atoms with E-state index in [1.54, 1.807) is 11.3 Å². The number of nitrogens with one attached hydrogen (secondary N) is 1. The summed E-state index contributed by atoms with van der Waals surface area (Å²) in [6, 6.07) is 16.8. The monoisotopic (exact) mass is 492 g/mol. The van der Waals surface area contributed by atoms with Crippen molar-refractivity contribution in [2.24, 2.45) is 0 Å². The van der Waals surface area contributed by atoms with Gasteiger partial charge in [0.2, 0.25) is 5.91 Å². The fraction of sp³-hybridized carbons (Fsp3) is 0.429. The Morgan fingerprint density at radius 2 is 1.91 bits per heavy atom. The van der Waals surface area contributed by atoms with E-state index in [4.69, 9.17) is 4.74 Å². The zero-order valence-electron chi connectivity index (χ0n) is 21.0. The lowest BCUT2D eigenvalue weighted by Crippen LogP contribution is -2.47. The predicted molar refractivity (Wildman–Crippen MR) is 144 cm³/mol. The SMILES string of the molecule is CCOc1ccc(-c2nc(CC(=O)NC(C)CCN3CCN(c4cccc(C)c4)CC3)cs2)cc1. The molecule has 0 bridgehead atoms. The summed E-state index contributed by atoms with van der Waals surface area (Å²) < 4.78 is 5.50. The molecule has 35 heavy (non-hydrogen) atoms. The van der Waals surface area contributed by atoms with E-state index in [0.717, 1.165) is 61.2 Å². The first-order valence-corrected chi connectivity index (χ1v) is 13.4. The number of amides is 1. The zero-order valence-corrected chi connectivity index (χ0v) is 21.8. The summed E-state index contributed by atoms with van der Waals surface area (Å²) in [5.74, 6) is 0.889. The van der Waals surface area contributed by atoms with Crippen LogP contribution in [0.25, 0.3) is 10.6 Å². The third kappa shape index (κ3) is 7.29. The van der Waals surface area contributed by atoms with Gasteiger partial charge in [-0.3, -0.25) is 9.69 Å². The average Bonchev–Trinajstić information content (AvgIpc) is 3.32. The van der Waals surface area contributed by atoms with Gasteiger partial charge in [0.05, 0.1) is 18.7 Å². The second-order valence-electron chi connectivity index (χ2n) is 9.20. The molecule has 1 atom stereocenters. The Bertz CT molecular complexity index is 1090. The summed E-state index contributed by atoms with van der Waals surface area (Å²) in [6.07, 6.45) is 1.26. The van der Waals surface area contributed by atoms with Crippen molar-refractivity contribution in [3.63, 3.8) is 0 Å². The Morgan fingerprint density at radius 3 is 2.63 bits per heavy atom. The van der Waals surface area contributed by atoms with E-state index in [1.165, 1.54) is 11.3 Å². The third-order valence-corrected chi connectivity index (χ3v) is 7.27. The van der Waals surface area contributed by atoms with Gasteiger partial charge in [-0.05, 0) is 69.2 Å². The highest BCUT2D eigenvalue weighted by atomic mass is 32.1. The summed E-state index contributed by atoms with van der Waals surface area (Å²) >= 11 is 1.57. The molecule has 4 rings (SSSR count). The number of nitrogens with zero attached hydrogens (tertiary/aromatic N) is 3. The van der Waals surface area contributed by atoms with Gasteiger partial charge in [0.15, 0.2) is 0 Å². The highest BCUT2D eigenvalue weighted by molar-refractivity contribution is 7.13. The number of carbonyl (C=O) groups excluding carboxylic acids is 1. The Morgan fingerprint density at radius 1 is 1.14 bits per heavy atom. The molecule has 0 radical (unpaired) electrons. The fourth-order valence-corrected chi connectivity index (χ4v) is 5.20. The summed E-state index contributed by atoms with van der Waals surface area (Å²) in [5.41, 5.74) is 4.48. The molecule has 0 spiro atoms. The molecule has 1 amide bonds. The minimum Gasteiger partial charge on any atom is -0.494 e. The van der Waals surface area contributed by atoms with Gasteiger partial charge in [-0.15, -0.1) is 11.3 Å². The molecule has 1 saturated heterocycles. The average molecular weight is 493 g/mol. The number of piperazine rings is 1. The molecule has 7 heteroatoms.